The molecule has 0 N–H and O–H groups in total. The van der Waals surface area contributed by atoms with Crippen LogP contribution in [0.15, 0.2) is 97.1 Å². The van der Waals surface area contributed by atoms with Crippen LogP contribution in [0.3, 0.4) is 0 Å². The lowest BCUT2D eigenvalue weighted by atomic mass is 10.1. The second kappa shape index (κ2) is 7.58. The topological polar surface area (TPSA) is 18.5 Å². The largest absolute Gasteiger partial charge is 0.457 e. The average Bonchev–Trinajstić information content (AvgIpc) is 2.71. The van der Waals surface area contributed by atoms with Gasteiger partial charge in [-0.05, 0) is 71.8 Å². The fourth-order valence-corrected chi connectivity index (χ4v) is 2.58. The fourth-order valence-electron chi connectivity index (χ4n) is 2.58. The predicted molar refractivity (Wildman–Crippen MR) is 103 cm³/mol. The van der Waals surface area contributed by atoms with Gasteiger partial charge in [-0.3, -0.25) is 0 Å². The van der Waals surface area contributed by atoms with Gasteiger partial charge >= 0.3 is 0 Å². The Labute approximate surface area is 153 Å². The zero-order valence-electron chi connectivity index (χ0n) is 14.1. The number of ether oxygens (including phenoxy) is 2. The number of hydrogen-bond acceptors (Lipinski definition) is 2. The molecule has 124 valence electrons. The molecular formula is C24H16O2. The molecule has 0 saturated heterocycles. The van der Waals surface area contributed by atoms with Gasteiger partial charge in [-0.25, -0.2) is 0 Å². The van der Waals surface area contributed by atoms with Gasteiger partial charge in [-0.1, -0.05) is 48.5 Å². The summed E-state index contributed by atoms with van der Waals surface area (Å²) in [5, 5.41) is 0. The first kappa shape index (κ1) is 16.0. The molecule has 0 heterocycles. The van der Waals surface area contributed by atoms with Crippen molar-refractivity contribution in [3.8, 4) is 34.1 Å². The SMILES string of the molecule is [c]1ccc(Oc2ccc(-c3ccc(Oc4cc[c]cc4)cc3)cc2)cc1. The molecule has 2 heteroatoms. The van der Waals surface area contributed by atoms with Crippen LogP contribution < -0.4 is 9.47 Å². The normalized spacial score (nSPS) is 10.3. The average molecular weight is 336 g/mol. The van der Waals surface area contributed by atoms with Crippen LogP contribution >= 0.6 is 0 Å². The van der Waals surface area contributed by atoms with Crippen molar-refractivity contribution >= 4 is 0 Å². The lowest BCUT2D eigenvalue weighted by Crippen LogP contribution is -1.85. The molecule has 0 aromatic heterocycles. The summed E-state index contributed by atoms with van der Waals surface area (Å²) in [5.41, 5.74) is 2.25. The fraction of sp³-hybridized carbons (Fsp3) is 0. The zero-order valence-corrected chi connectivity index (χ0v) is 14.1. The molecule has 0 aliphatic heterocycles. The van der Waals surface area contributed by atoms with Crippen LogP contribution in [0, 0.1) is 12.1 Å². The minimum Gasteiger partial charge on any atom is -0.457 e. The summed E-state index contributed by atoms with van der Waals surface area (Å²) in [6, 6.07) is 36.9. The van der Waals surface area contributed by atoms with Crippen molar-refractivity contribution in [2.45, 2.75) is 0 Å². The van der Waals surface area contributed by atoms with E-state index in [1.54, 1.807) is 0 Å². The van der Waals surface area contributed by atoms with Gasteiger partial charge < -0.3 is 9.47 Å². The number of rotatable bonds is 5. The van der Waals surface area contributed by atoms with Gasteiger partial charge in [-0.15, -0.1) is 0 Å². The third-order valence-corrected chi connectivity index (χ3v) is 3.89. The summed E-state index contributed by atoms with van der Waals surface area (Å²) >= 11 is 0. The van der Waals surface area contributed by atoms with Gasteiger partial charge in [0.2, 0.25) is 0 Å². The van der Waals surface area contributed by atoms with Crippen molar-refractivity contribution in [2.24, 2.45) is 0 Å². The summed E-state index contributed by atoms with van der Waals surface area (Å²) in [5.74, 6) is 3.22. The Hall–Kier alpha value is -3.52. The smallest absolute Gasteiger partial charge is 0.127 e. The molecule has 2 radical (unpaired) electrons. The molecule has 4 aromatic carbocycles. The highest BCUT2D eigenvalue weighted by Crippen LogP contribution is 2.28. The van der Waals surface area contributed by atoms with E-state index in [0.717, 1.165) is 34.1 Å². The van der Waals surface area contributed by atoms with Crippen LogP contribution in [0.1, 0.15) is 0 Å². The monoisotopic (exact) mass is 336 g/mol. The third-order valence-electron chi connectivity index (χ3n) is 3.89. The van der Waals surface area contributed by atoms with Gasteiger partial charge in [0.25, 0.3) is 0 Å². The minimum atomic E-state index is 0.802. The Balaban J connectivity index is 1.45. The van der Waals surface area contributed by atoms with Crippen molar-refractivity contribution in [3.05, 3.63) is 109 Å². The van der Waals surface area contributed by atoms with E-state index in [1.165, 1.54) is 0 Å². The van der Waals surface area contributed by atoms with Crippen molar-refractivity contribution in [2.75, 3.05) is 0 Å². The maximum absolute atomic E-state index is 5.81. The van der Waals surface area contributed by atoms with Gasteiger partial charge in [0.15, 0.2) is 0 Å². The molecule has 0 bridgehead atoms. The van der Waals surface area contributed by atoms with Crippen molar-refractivity contribution < 1.29 is 9.47 Å². The van der Waals surface area contributed by atoms with E-state index in [2.05, 4.69) is 12.1 Å². The maximum Gasteiger partial charge on any atom is 0.127 e. The van der Waals surface area contributed by atoms with Gasteiger partial charge in [0, 0.05) is 0 Å². The Morgan fingerprint density at radius 3 is 1.04 bits per heavy atom. The van der Waals surface area contributed by atoms with Gasteiger partial charge in [0.1, 0.15) is 23.0 Å². The number of benzene rings is 4. The van der Waals surface area contributed by atoms with Crippen LogP contribution in [0.4, 0.5) is 0 Å². The third kappa shape index (κ3) is 3.93. The molecule has 4 rings (SSSR count). The van der Waals surface area contributed by atoms with Crippen LogP contribution in [0.5, 0.6) is 23.0 Å². The summed E-state index contributed by atoms with van der Waals surface area (Å²) in [7, 11) is 0. The summed E-state index contributed by atoms with van der Waals surface area (Å²) in [4.78, 5) is 0. The Bertz CT molecular complexity index is 861. The maximum atomic E-state index is 5.81. The van der Waals surface area contributed by atoms with E-state index >= 15 is 0 Å². The molecule has 2 nitrogen and oxygen atoms in total. The van der Waals surface area contributed by atoms with E-state index in [-0.39, 0.29) is 0 Å². The summed E-state index contributed by atoms with van der Waals surface area (Å²) < 4.78 is 11.6. The Morgan fingerprint density at radius 2 is 0.692 bits per heavy atom. The molecule has 0 fully saturated rings. The molecular weight excluding hydrogens is 320 g/mol. The quantitative estimate of drug-likeness (QED) is 0.412. The minimum absolute atomic E-state index is 0.802. The first-order valence-electron chi connectivity index (χ1n) is 8.35. The van der Waals surface area contributed by atoms with Gasteiger partial charge in [0.05, 0.1) is 0 Å². The molecule has 0 atom stereocenters. The second-order valence-corrected chi connectivity index (χ2v) is 5.72. The van der Waals surface area contributed by atoms with Crippen molar-refractivity contribution in [1.82, 2.24) is 0 Å². The molecule has 0 aliphatic rings. The van der Waals surface area contributed by atoms with Crippen LogP contribution in [0.2, 0.25) is 0 Å². The van der Waals surface area contributed by atoms with Crippen molar-refractivity contribution in [3.63, 3.8) is 0 Å². The molecule has 26 heavy (non-hydrogen) atoms. The molecule has 0 saturated carbocycles. The molecule has 0 spiro atoms. The highest BCUT2D eigenvalue weighted by molar-refractivity contribution is 5.65. The zero-order chi connectivity index (χ0) is 17.6. The Morgan fingerprint density at radius 1 is 0.385 bits per heavy atom. The first-order valence-corrected chi connectivity index (χ1v) is 8.35. The van der Waals surface area contributed by atoms with Crippen LogP contribution in [0.25, 0.3) is 11.1 Å². The molecule has 0 aliphatic carbocycles. The van der Waals surface area contributed by atoms with E-state index in [9.17, 15) is 0 Å². The predicted octanol–water partition coefficient (Wildman–Crippen LogP) is 6.54. The highest BCUT2D eigenvalue weighted by Gasteiger charge is 2.02. The van der Waals surface area contributed by atoms with Crippen molar-refractivity contribution in [1.29, 1.82) is 0 Å². The first-order chi connectivity index (χ1) is 12.9. The molecule has 4 aromatic rings. The number of hydrogen-bond donors (Lipinski definition) is 0. The standard InChI is InChI=1S/C24H16O2/c1-3-7-21(8-4-1)25-23-15-11-19(12-16-23)20-13-17-24(18-14-20)26-22-9-5-2-6-10-22/h3-18H. The molecule has 0 amide bonds. The van der Waals surface area contributed by atoms with Crippen LogP contribution in [-0.4, -0.2) is 0 Å². The van der Waals surface area contributed by atoms with Crippen LogP contribution in [-0.2, 0) is 0 Å². The highest BCUT2D eigenvalue weighted by atomic mass is 16.5. The Kier molecular flexibility index (Phi) is 4.66. The van der Waals surface area contributed by atoms with Gasteiger partial charge in [-0.2, -0.15) is 0 Å². The summed E-state index contributed by atoms with van der Waals surface area (Å²) in [6.07, 6.45) is 0. The lowest BCUT2D eigenvalue weighted by Gasteiger charge is -2.08. The van der Waals surface area contributed by atoms with E-state index in [1.807, 2.05) is 97.1 Å². The lowest BCUT2D eigenvalue weighted by molar-refractivity contribution is 0.482. The summed E-state index contributed by atoms with van der Waals surface area (Å²) in [6.45, 7) is 0. The second-order valence-electron chi connectivity index (χ2n) is 5.72. The van der Waals surface area contributed by atoms with E-state index in [4.69, 9.17) is 9.47 Å². The molecule has 0 unspecified atom stereocenters. The van der Waals surface area contributed by atoms with E-state index in [0.29, 0.717) is 0 Å². The van der Waals surface area contributed by atoms with E-state index < -0.39 is 0 Å².